The highest BCUT2D eigenvalue weighted by Crippen LogP contribution is 2.31. The normalized spacial score (nSPS) is 22.6. The molecule has 0 aliphatic heterocycles. The summed E-state index contributed by atoms with van der Waals surface area (Å²) in [6, 6.07) is 5.34. The fraction of sp³-hybridized carbons (Fsp3) is 0.533. The first-order valence-electron chi connectivity index (χ1n) is 6.91. The summed E-state index contributed by atoms with van der Waals surface area (Å²) in [4.78, 5) is 12.2. The smallest absolute Gasteiger partial charge is 0.252 e. The lowest BCUT2D eigenvalue weighted by molar-refractivity contribution is 0.0937. The fourth-order valence-corrected chi connectivity index (χ4v) is 4.36. The molecule has 0 heterocycles. The molecule has 1 fully saturated rings. The summed E-state index contributed by atoms with van der Waals surface area (Å²) in [5, 5.41) is 4.54. The van der Waals surface area contributed by atoms with Gasteiger partial charge >= 0.3 is 0 Å². The number of rotatable bonds is 4. The van der Waals surface area contributed by atoms with Crippen LogP contribution in [0, 0.1) is 11.8 Å². The molecule has 2 unspecified atom stereocenters. The van der Waals surface area contributed by atoms with E-state index in [1.807, 2.05) is 6.07 Å². The average Bonchev–Trinajstić information content (AvgIpc) is 2.45. The number of carbonyl (C=O) groups excluding carboxylic acids is 1. The molecule has 1 saturated carbocycles. The van der Waals surface area contributed by atoms with E-state index in [0.29, 0.717) is 22.4 Å². The molecule has 2 atom stereocenters. The van der Waals surface area contributed by atoms with Crippen molar-refractivity contribution < 1.29 is 4.79 Å². The Labute approximate surface area is 141 Å². The molecule has 0 spiro atoms. The number of halogens is 3. The van der Waals surface area contributed by atoms with Gasteiger partial charge in [-0.2, -0.15) is 0 Å². The third kappa shape index (κ3) is 4.22. The number of nitrogens with one attached hydrogen (secondary N) is 1. The second-order valence-electron chi connectivity index (χ2n) is 5.29. The van der Waals surface area contributed by atoms with Crippen molar-refractivity contribution in [2.24, 2.45) is 11.8 Å². The second kappa shape index (κ2) is 7.81. The molecule has 110 valence electrons. The molecular formula is C15H18Br2ClNO. The highest BCUT2D eigenvalue weighted by atomic mass is 79.9. The second-order valence-corrected chi connectivity index (χ2v) is 7.26. The van der Waals surface area contributed by atoms with Crippen LogP contribution in [-0.4, -0.2) is 17.8 Å². The molecule has 1 aromatic carbocycles. The first-order chi connectivity index (χ1) is 9.61. The maximum atomic E-state index is 12.2. The van der Waals surface area contributed by atoms with E-state index in [2.05, 4.69) is 37.2 Å². The lowest BCUT2D eigenvalue weighted by Gasteiger charge is -2.30. The van der Waals surface area contributed by atoms with Crippen molar-refractivity contribution in [1.29, 1.82) is 0 Å². The molecule has 1 amide bonds. The molecule has 0 aromatic heterocycles. The monoisotopic (exact) mass is 421 g/mol. The molecule has 5 heteroatoms. The average molecular weight is 424 g/mol. The van der Waals surface area contributed by atoms with Gasteiger partial charge in [0.15, 0.2) is 0 Å². The van der Waals surface area contributed by atoms with Crippen LogP contribution in [0.3, 0.4) is 0 Å². The van der Waals surface area contributed by atoms with Crippen LogP contribution in [0.1, 0.15) is 36.0 Å². The van der Waals surface area contributed by atoms with Crippen LogP contribution in [0.2, 0.25) is 5.02 Å². The maximum absolute atomic E-state index is 12.2. The van der Waals surface area contributed by atoms with Gasteiger partial charge in [0.2, 0.25) is 0 Å². The van der Waals surface area contributed by atoms with Gasteiger partial charge in [0.25, 0.3) is 5.91 Å². The number of hydrogen-bond donors (Lipinski definition) is 1. The van der Waals surface area contributed by atoms with Gasteiger partial charge in [-0.1, -0.05) is 56.3 Å². The van der Waals surface area contributed by atoms with Gasteiger partial charge in [0, 0.05) is 16.3 Å². The third-order valence-electron chi connectivity index (χ3n) is 3.97. The van der Waals surface area contributed by atoms with Gasteiger partial charge in [-0.3, -0.25) is 4.79 Å². The Morgan fingerprint density at radius 1 is 1.30 bits per heavy atom. The van der Waals surface area contributed by atoms with E-state index in [0.717, 1.165) is 16.3 Å². The molecule has 1 aromatic rings. The summed E-state index contributed by atoms with van der Waals surface area (Å²) in [7, 11) is 0. The third-order valence-corrected chi connectivity index (χ3v) is 5.60. The summed E-state index contributed by atoms with van der Waals surface area (Å²) in [6.45, 7) is 0.738. The number of amides is 1. The number of carbonyl (C=O) groups is 1. The van der Waals surface area contributed by atoms with E-state index in [9.17, 15) is 4.79 Å². The van der Waals surface area contributed by atoms with Crippen molar-refractivity contribution in [1.82, 2.24) is 5.32 Å². The lowest BCUT2D eigenvalue weighted by atomic mass is 9.80. The van der Waals surface area contributed by atoms with E-state index >= 15 is 0 Å². The van der Waals surface area contributed by atoms with Crippen molar-refractivity contribution in [2.45, 2.75) is 25.7 Å². The van der Waals surface area contributed by atoms with Crippen molar-refractivity contribution in [3.8, 4) is 0 Å². The van der Waals surface area contributed by atoms with Crippen LogP contribution < -0.4 is 5.32 Å². The zero-order chi connectivity index (χ0) is 14.5. The molecule has 1 aliphatic carbocycles. The predicted molar refractivity (Wildman–Crippen MR) is 90.7 cm³/mol. The Hall–Kier alpha value is -0.0600. The molecule has 2 nitrogen and oxygen atoms in total. The minimum absolute atomic E-state index is 0.0820. The maximum Gasteiger partial charge on any atom is 0.252 e. The van der Waals surface area contributed by atoms with E-state index in [1.54, 1.807) is 12.1 Å². The van der Waals surface area contributed by atoms with E-state index < -0.39 is 0 Å². The molecular weight excluding hydrogens is 405 g/mol. The number of hydrogen-bond acceptors (Lipinski definition) is 1. The zero-order valence-electron chi connectivity index (χ0n) is 11.2. The molecule has 1 aliphatic rings. The van der Waals surface area contributed by atoms with Crippen LogP contribution in [0.5, 0.6) is 0 Å². The Bertz CT molecular complexity index is 481. The summed E-state index contributed by atoms with van der Waals surface area (Å²) in [6.07, 6.45) is 5.03. The Morgan fingerprint density at radius 3 is 2.65 bits per heavy atom. The van der Waals surface area contributed by atoms with Crippen LogP contribution >= 0.6 is 43.5 Å². The predicted octanol–water partition coefficient (Wildman–Crippen LogP) is 5.03. The van der Waals surface area contributed by atoms with Crippen molar-refractivity contribution in [3.05, 3.63) is 33.3 Å². The van der Waals surface area contributed by atoms with Gasteiger partial charge in [0.1, 0.15) is 0 Å². The number of alkyl halides is 1. The van der Waals surface area contributed by atoms with Crippen molar-refractivity contribution >= 4 is 49.4 Å². The Kier molecular flexibility index (Phi) is 6.37. The van der Waals surface area contributed by atoms with Crippen LogP contribution in [0.25, 0.3) is 0 Å². The highest BCUT2D eigenvalue weighted by molar-refractivity contribution is 9.10. The molecule has 20 heavy (non-hydrogen) atoms. The molecule has 0 saturated heterocycles. The summed E-state index contributed by atoms with van der Waals surface area (Å²) in [5.41, 5.74) is 0.543. The van der Waals surface area contributed by atoms with E-state index in [4.69, 9.17) is 11.6 Å². The van der Waals surface area contributed by atoms with E-state index in [1.165, 1.54) is 25.7 Å². The van der Waals surface area contributed by atoms with Crippen molar-refractivity contribution in [2.75, 3.05) is 11.9 Å². The summed E-state index contributed by atoms with van der Waals surface area (Å²) >= 11 is 13.0. The standard InChI is InChI=1S/C15H18Br2ClNO/c16-8-10-3-1-2-4-11(10)9-19-15(20)13-6-5-12(17)7-14(13)18/h5-7,10-11H,1-4,8-9H2,(H,19,20). The van der Waals surface area contributed by atoms with E-state index in [-0.39, 0.29) is 5.91 Å². The highest BCUT2D eigenvalue weighted by Gasteiger charge is 2.24. The molecule has 0 bridgehead atoms. The minimum Gasteiger partial charge on any atom is -0.352 e. The van der Waals surface area contributed by atoms with Gasteiger partial charge in [0.05, 0.1) is 10.6 Å². The molecule has 2 rings (SSSR count). The van der Waals surface area contributed by atoms with Crippen molar-refractivity contribution in [3.63, 3.8) is 0 Å². The topological polar surface area (TPSA) is 29.1 Å². The summed E-state index contributed by atoms with van der Waals surface area (Å²) < 4.78 is 0.880. The minimum atomic E-state index is -0.0820. The van der Waals surface area contributed by atoms with Crippen LogP contribution in [0.15, 0.2) is 22.7 Å². The quantitative estimate of drug-likeness (QED) is 0.676. The Balaban J connectivity index is 1.94. The molecule has 0 radical (unpaired) electrons. The summed E-state index contributed by atoms with van der Waals surface area (Å²) in [5.74, 6) is 1.16. The lowest BCUT2D eigenvalue weighted by Crippen LogP contribution is -2.34. The fourth-order valence-electron chi connectivity index (χ4n) is 2.75. The zero-order valence-corrected chi connectivity index (χ0v) is 15.1. The van der Waals surface area contributed by atoms with Gasteiger partial charge < -0.3 is 5.32 Å². The first-order valence-corrected chi connectivity index (χ1v) is 9.20. The largest absolute Gasteiger partial charge is 0.352 e. The van der Waals surface area contributed by atoms with Gasteiger partial charge in [-0.25, -0.2) is 0 Å². The first kappa shape index (κ1) is 16.3. The number of benzene rings is 1. The van der Waals surface area contributed by atoms with Gasteiger partial charge in [-0.05, 0) is 42.9 Å². The van der Waals surface area contributed by atoms with Gasteiger partial charge in [-0.15, -0.1) is 0 Å². The van der Waals surface area contributed by atoms with Crippen LogP contribution in [-0.2, 0) is 0 Å². The van der Waals surface area contributed by atoms with Crippen LogP contribution in [0.4, 0.5) is 0 Å². The Morgan fingerprint density at radius 2 is 2.00 bits per heavy atom. The SMILES string of the molecule is O=C(NCC1CCCCC1CBr)c1ccc(Br)cc1Cl. The molecule has 1 N–H and O–H groups in total.